The fourth-order valence-corrected chi connectivity index (χ4v) is 1.90. The van der Waals surface area contributed by atoms with Crippen LogP contribution < -0.4 is 0 Å². The van der Waals surface area contributed by atoms with E-state index >= 15 is 0 Å². The van der Waals surface area contributed by atoms with Crippen molar-refractivity contribution in [1.29, 1.82) is 0 Å². The summed E-state index contributed by atoms with van der Waals surface area (Å²) in [5.41, 5.74) is 1.28. The second-order valence-corrected chi connectivity index (χ2v) is 4.78. The first-order valence-electron chi connectivity index (χ1n) is 6.26. The maximum absolute atomic E-state index is 12.5. The lowest BCUT2D eigenvalue weighted by atomic mass is 9.86. The smallest absolute Gasteiger partial charge is 0.335 e. The third-order valence-electron chi connectivity index (χ3n) is 3.32. The van der Waals surface area contributed by atoms with Gasteiger partial charge >= 0.3 is 5.97 Å². The zero-order valence-electron chi connectivity index (χ0n) is 11.3. The van der Waals surface area contributed by atoms with Crippen molar-refractivity contribution in [3.05, 3.63) is 60.0 Å². The molecule has 2 nitrogen and oxygen atoms in total. The monoisotopic (exact) mass is 262 g/mol. The molecule has 0 fully saturated rings. The first kappa shape index (κ1) is 15.2. The molecule has 0 aliphatic heterocycles. The molecule has 0 radical (unpaired) electrons. The molecule has 1 aromatic rings. The Kier molecular flexibility index (Phi) is 5.49. The van der Waals surface area contributed by atoms with Crippen LogP contribution in [0.4, 0.5) is 4.39 Å². The van der Waals surface area contributed by atoms with Crippen LogP contribution in [0.15, 0.2) is 48.8 Å². The number of carbonyl (C=O) groups is 1. The molecule has 102 valence electrons. The minimum absolute atomic E-state index is 0.205. The fourth-order valence-electron chi connectivity index (χ4n) is 1.90. The Hall–Kier alpha value is -1.90. The predicted octanol–water partition coefficient (Wildman–Crippen LogP) is 4.55. The highest BCUT2D eigenvalue weighted by Gasteiger charge is 2.14. The van der Waals surface area contributed by atoms with Crippen molar-refractivity contribution in [3.8, 4) is 0 Å². The molecule has 0 saturated carbocycles. The first-order valence-corrected chi connectivity index (χ1v) is 6.26. The lowest BCUT2D eigenvalue weighted by Crippen LogP contribution is -2.07. The van der Waals surface area contributed by atoms with E-state index in [2.05, 4.69) is 13.5 Å². The van der Waals surface area contributed by atoms with Crippen LogP contribution in [0.2, 0.25) is 0 Å². The summed E-state index contributed by atoms with van der Waals surface area (Å²) >= 11 is 0. The zero-order valence-corrected chi connectivity index (χ0v) is 11.3. The maximum atomic E-state index is 12.5. The van der Waals surface area contributed by atoms with Gasteiger partial charge < -0.3 is 5.11 Å². The van der Waals surface area contributed by atoms with Crippen LogP contribution in [0.25, 0.3) is 0 Å². The SMILES string of the molecule is C=C(F)C=CCC(C)C(C)c1cccc(C(=O)O)c1. The maximum Gasteiger partial charge on any atom is 0.335 e. The standard InChI is InChI=1S/C16H19FO2/c1-11(6-4-7-12(2)17)13(3)14-8-5-9-15(10-14)16(18)19/h4-5,7-11,13H,2,6H2,1,3H3,(H,18,19). The van der Waals surface area contributed by atoms with Crippen LogP contribution in [-0.4, -0.2) is 11.1 Å². The minimum atomic E-state index is -0.921. The molecule has 2 unspecified atom stereocenters. The lowest BCUT2D eigenvalue weighted by Gasteiger charge is -2.19. The van der Waals surface area contributed by atoms with E-state index in [4.69, 9.17) is 5.11 Å². The van der Waals surface area contributed by atoms with Crippen LogP contribution in [0, 0.1) is 5.92 Å². The largest absolute Gasteiger partial charge is 0.478 e. The Bertz CT molecular complexity index is 491. The van der Waals surface area contributed by atoms with Gasteiger partial charge in [-0.1, -0.05) is 38.6 Å². The molecule has 0 amide bonds. The normalized spacial score (nSPS) is 14.3. The molecule has 2 atom stereocenters. The van der Waals surface area contributed by atoms with Gasteiger partial charge in [-0.15, -0.1) is 0 Å². The number of allylic oxidation sites excluding steroid dienone is 3. The number of hydrogen-bond acceptors (Lipinski definition) is 1. The molecule has 0 aliphatic rings. The van der Waals surface area contributed by atoms with Gasteiger partial charge in [0.05, 0.1) is 5.56 Å². The Morgan fingerprint density at radius 3 is 2.74 bits per heavy atom. The molecule has 0 aromatic heterocycles. The van der Waals surface area contributed by atoms with Gasteiger partial charge in [-0.3, -0.25) is 0 Å². The van der Waals surface area contributed by atoms with E-state index in [1.54, 1.807) is 24.3 Å². The number of rotatable bonds is 6. The van der Waals surface area contributed by atoms with E-state index in [0.29, 0.717) is 11.5 Å². The van der Waals surface area contributed by atoms with Crippen molar-refractivity contribution in [2.24, 2.45) is 5.92 Å². The van der Waals surface area contributed by atoms with Crippen LogP contribution >= 0.6 is 0 Å². The average molecular weight is 262 g/mol. The van der Waals surface area contributed by atoms with Gasteiger partial charge in [0.2, 0.25) is 0 Å². The van der Waals surface area contributed by atoms with Gasteiger partial charge in [-0.2, -0.15) is 0 Å². The number of benzene rings is 1. The minimum Gasteiger partial charge on any atom is -0.478 e. The molecule has 0 saturated heterocycles. The van der Waals surface area contributed by atoms with Crippen molar-refractivity contribution >= 4 is 5.97 Å². The molecule has 1 rings (SSSR count). The topological polar surface area (TPSA) is 37.3 Å². The molecular weight excluding hydrogens is 243 g/mol. The van der Waals surface area contributed by atoms with Crippen molar-refractivity contribution in [2.45, 2.75) is 26.2 Å². The van der Waals surface area contributed by atoms with Gasteiger partial charge in [0.1, 0.15) is 5.83 Å². The van der Waals surface area contributed by atoms with E-state index in [1.807, 2.05) is 13.0 Å². The zero-order chi connectivity index (χ0) is 14.4. The fraction of sp³-hybridized carbons (Fsp3) is 0.312. The van der Waals surface area contributed by atoms with Crippen molar-refractivity contribution in [1.82, 2.24) is 0 Å². The summed E-state index contributed by atoms with van der Waals surface area (Å²) in [6.07, 6.45) is 3.84. The second kappa shape index (κ2) is 6.88. The van der Waals surface area contributed by atoms with Gasteiger partial charge in [-0.05, 0) is 42.0 Å². The number of halogens is 1. The van der Waals surface area contributed by atoms with E-state index in [1.165, 1.54) is 6.08 Å². The molecule has 19 heavy (non-hydrogen) atoms. The van der Waals surface area contributed by atoms with Gasteiger partial charge in [0, 0.05) is 0 Å². The quantitative estimate of drug-likeness (QED) is 0.763. The van der Waals surface area contributed by atoms with E-state index < -0.39 is 11.8 Å². The van der Waals surface area contributed by atoms with Crippen LogP contribution in [0.1, 0.15) is 42.1 Å². The summed E-state index contributed by atoms with van der Waals surface area (Å²) in [5.74, 6) is -0.875. The Labute approximate surface area is 113 Å². The van der Waals surface area contributed by atoms with Gasteiger partial charge in [-0.25, -0.2) is 9.18 Å². The summed E-state index contributed by atoms with van der Waals surface area (Å²) < 4.78 is 12.5. The highest BCUT2D eigenvalue weighted by atomic mass is 19.1. The molecule has 1 N–H and O–H groups in total. The Morgan fingerprint density at radius 2 is 2.16 bits per heavy atom. The van der Waals surface area contributed by atoms with E-state index in [-0.39, 0.29) is 5.92 Å². The summed E-state index contributed by atoms with van der Waals surface area (Å²) in [4.78, 5) is 10.9. The second-order valence-electron chi connectivity index (χ2n) is 4.78. The number of carboxylic acids is 1. The molecule has 0 spiro atoms. The molecule has 0 heterocycles. The highest BCUT2D eigenvalue weighted by Crippen LogP contribution is 2.27. The summed E-state index contributed by atoms with van der Waals surface area (Å²) in [6, 6.07) is 6.95. The summed E-state index contributed by atoms with van der Waals surface area (Å²) in [5, 5.41) is 8.97. The van der Waals surface area contributed by atoms with Crippen molar-refractivity contribution in [3.63, 3.8) is 0 Å². The number of carboxylic acid groups (broad SMARTS) is 1. The van der Waals surface area contributed by atoms with Crippen molar-refractivity contribution in [2.75, 3.05) is 0 Å². The first-order chi connectivity index (χ1) is 8.91. The number of hydrogen-bond donors (Lipinski definition) is 1. The molecule has 3 heteroatoms. The summed E-state index contributed by atoms with van der Waals surface area (Å²) in [6.45, 7) is 7.27. The van der Waals surface area contributed by atoms with Crippen molar-refractivity contribution < 1.29 is 14.3 Å². The lowest BCUT2D eigenvalue weighted by molar-refractivity contribution is 0.0696. The van der Waals surface area contributed by atoms with Crippen LogP contribution in [0.5, 0.6) is 0 Å². The third-order valence-corrected chi connectivity index (χ3v) is 3.32. The van der Waals surface area contributed by atoms with E-state index in [0.717, 1.165) is 12.0 Å². The van der Waals surface area contributed by atoms with Gasteiger partial charge in [0.25, 0.3) is 0 Å². The molecule has 1 aromatic carbocycles. The Morgan fingerprint density at radius 1 is 1.47 bits per heavy atom. The molecule has 0 bridgehead atoms. The molecular formula is C16H19FO2. The molecule has 0 aliphatic carbocycles. The third kappa shape index (κ3) is 4.70. The van der Waals surface area contributed by atoms with Crippen LogP contribution in [0.3, 0.4) is 0 Å². The highest BCUT2D eigenvalue weighted by molar-refractivity contribution is 5.87. The Balaban J connectivity index is 2.76. The average Bonchev–Trinajstić information content (AvgIpc) is 2.37. The van der Waals surface area contributed by atoms with Crippen LogP contribution in [-0.2, 0) is 0 Å². The number of aromatic carboxylic acids is 1. The van der Waals surface area contributed by atoms with Gasteiger partial charge in [0.15, 0.2) is 0 Å². The van der Waals surface area contributed by atoms with E-state index in [9.17, 15) is 9.18 Å². The summed E-state index contributed by atoms with van der Waals surface area (Å²) in [7, 11) is 0. The predicted molar refractivity (Wildman–Crippen MR) is 75.0 cm³/mol.